The van der Waals surface area contributed by atoms with Gasteiger partial charge in [0.25, 0.3) is 5.56 Å². The average molecular weight is 261 g/mol. The van der Waals surface area contributed by atoms with Crippen LogP contribution in [0.15, 0.2) is 23.0 Å². The van der Waals surface area contributed by atoms with Crippen molar-refractivity contribution in [1.82, 2.24) is 4.98 Å². The van der Waals surface area contributed by atoms with Crippen LogP contribution in [0.3, 0.4) is 0 Å². The van der Waals surface area contributed by atoms with Crippen molar-refractivity contribution >= 4 is 16.9 Å². The fourth-order valence-electron chi connectivity index (χ4n) is 2.20. The molecule has 1 aromatic carbocycles. The van der Waals surface area contributed by atoms with Crippen LogP contribution in [0.5, 0.6) is 5.75 Å². The number of aromatic nitrogens is 1. The quantitative estimate of drug-likeness (QED) is 0.880. The van der Waals surface area contributed by atoms with Crippen LogP contribution in [0.1, 0.15) is 17.5 Å². The highest BCUT2D eigenvalue weighted by molar-refractivity contribution is 5.88. The Morgan fingerprint density at radius 3 is 2.79 bits per heavy atom. The number of benzene rings is 1. The molecule has 1 aromatic heterocycles. The first-order chi connectivity index (χ1) is 9.04. The lowest BCUT2D eigenvalue weighted by Crippen LogP contribution is -2.16. The van der Waals surface area contributed by atoms with Gasteiger partial charge >= 0.3 is 5.97 Å². The number of rotatable bonds is 4. The van der Waals surface area contributed by atoms with E-state index in [0.717, 1.165) is 10.9 Å². The number of aryl methyl sites for hydroxylation is 1. The van der Waals surface area contributed by atoms with Crippen molar-refractivity contribution in [2.45, 2.75) is 19.8 Å². The molecule has 2 N–H and O–H groups in total. The van der Waals surface area contributed by atoms with E-state index in [1.165, 1.54) is 0 Å². The van der Waals surface area contributed by atoms with Crippen molar-refractivity contribution < 1.29 is 14.6 Å². The molecule has 0 atom stereocenters. The lowest BCUT2D eigenvalue weighted by Gasteiger charge is -2.10. The molecule has 0 saturated heterocycles. The topological polar surface area (TPSA) is 79.4 Å². The van der Waals surface area contributed by atoms with E-state index in [0.29, 0.717) is 16.8 Å². The second-order valence-electron chi connectivity index (χ2n) is 4.33. The van der Waals surface area contributed by atoms with Crippen molar-refractivity contribution in [3.8, 4) is 5.75 Å². The van der Waals surface area contributed by atoms with E-state index in [4.69, 9.17) is 9.84 Å². The molecule has 0 spiro atoms. The van der Waals surface area contributed by atoms with Crippen LogP contribution in [0.4, 0.5) is 0 Å². The Labute approximate surface area is 109 Å². The van der Waals surface area contributed by atoms with Crippen molar-refractivity contribution in [2.75, 3.05) is 7.11 Å². The Balaban J connectivity index is 2.62. The lowest BCUT2D eigenvalue weighted by atomic mass is 10.0. The number of hydrogen-bond acceptors (Lipinski definition) is 3. The number of aromatic amines is 1. The van der Waals surface area contributed by atoms with Crippen LogP contribution < -0.4 is 10.3 Å². The van der Waals surface area contributed by atoms with E-state index < -0.39 is 5.97 Å². The van der Waals surface area contributed by atoms with Crippen LogP contribution in [0.2, 0.25) is 0 Å². The zero-order valence-corrected chi connectivity index (χ0v) is 10.8. The molecule has 1 heterocycles. The molecule has 0 amide bonds. The maximum Gasteiger partial charge on any atom is 0.303 e. The average Bonchev–Trinajstić information content (AvgIpc) is 2.37. The van der Waals surface area contributed by atoms with Gasteiger partial charge < -0.3 is 14.8 Å². The monoisotopic (exact) mass is 261 g/mol. The first-order valence-electron chi connectivity index (χ1n) is 5.95. The Hall–Kier alpha value is -2.30. The second kappa shape index (κ2) is 5.14. The zero-order chi connectivity index (χ0) is 14.0. The van der Waals surface area contributed by atoms with E-state index in [-0.39, 0.29) is 18.4 Å². The van der Waals surface area contributed by atoms with Gasteiger partial charge in [0.05, 0.1) is 12.6 Å². The predicted octanol–water partition coefficient (Wildman–Crippen LogP) is 1.86. The van der Waals surface area contributed by atoms with Gasteiger partial charge in [0.1, 0.15) is 5.75 Å². The smallest absolute Gasteiger partial charge is 0.303 e. The largest absolute Gasteiger partial charge is 0.495 e. The molecule has 2 aromatic rings. The summed E-state index contributed by atoms with van der Waals surface area (Å²) >= 11 is 0. The molecule has 0 unspecified atom stereocenters. The summed E-state index contributed by atoms with van der Waals surface area (Å²) in [5.74, 6) is -0.313. The van der Waals surface area contributed by atoms with Crippen molar-refractivity contribution in [1.29, 1.82) is 0 Å². The van der Waals surface area contributed by atoms with Gasteiger partial charge in [-0.25, -0.2) is 0 Å². The summed E-state index contributed by atoms with van der Waals surface area (Å²) in [6.07, 6.45) is 0.170. The van der Waals surface area contributed by atoms with E-state index in [9.17, 15) is 9.59 Å². The van der Waals surface area contributed by atoms with Gasteiger partial charge in [-0.1, -0.05) is 12.1 Å². The zero-order valence-electron chi connectivity index (χ0n) is 10.8. The Morgan fingerprint density at radius 2 is 2.16 bits per heavy atom. The van der Waals surface area contributed by atoms with Gasteiger partial charge in [0.2, 0.25) is 0 Å². The van der Waals surface area contributed by atoms with Gasteiger partial charge in [0, 0.05) is 17.4 Å². The molecule has 0 aliphatic heterocycles. The van der Waals surface area contributed by atoms with Gasteiger partial charge in [0.15, 0.2) is 0 Å². The SMILES string of the molecule is COc1cccc2c(C)c(CCC(=O)O)c(=O)[nH]c12. The number of fused-ring (bicyclic) bond motifs is 1. The maximum absolute atomic E-state index is 12.0. The summed E-state index contributed by atoms with van der Waals surface area (Å²) < 4.78 is 5.21. The number of pyridine rings is 1. The highest BCUT2D eigenvalue weighted by Gasteiger charge is 2.12. The molecule has 2 rings (SSSR count). The number of carbonyl (C=O) groups is 1. The van der Waals surface area contributed by atoms with Crippen LogP contribution in [-0.2, 0) is 11.2 Å². The number of carboxylic acid groups (broad SMARTS) is 1. The third kappa shape index (κ3) is 2.45. The summed E-state index contributed by atoms with van der Waals surface area (Å²) in [5, 5.41) is 9.59. The summed E-state index contributed by atoms with van der Waals surface area (Å²) in [5.41, 5.74) is 1.71. The lowest BCUT2D eigenvalue weighted by molar-refractivity contribution is -0.136. The van der Waals surface area contributed by atoms with Gasteiger partial charge in [-0.2, -0.15) is 0 Å². The standard InChI is InChI=1S/C14H15NO4/c1-8-9-4-3-5-11(19-2)13(9)15-14(18)10(8)6-7-12(16)17/h3-5H,6-7H2,1-2H3,(H,15,18)(H,16,17). The number of nitrogens with one attached hydrogen (secondary N) is 1. The minimum Gasteiger partial charge on any atom is -0.495 e. The Bertz CT molecular complexity index is 688. The molecule has 0 radical (unpaired) electrons. The number of methoxy groups -OCH3 is 1. The maximum atomic E-state index is 12.0. The van der Waals surface area contributed by atoms with Crippen molar-refractivity contribution in [2.24, 2.45) is 0 Å². The molecule has 5 heteroatoms. The first kappa shape index (κ1) is 13.1. The van der Waals surface area contributed by atoms with Crippen molar-refractivity contribution in [3.05, 3.63) is 39.7 Å². The predicted molar refractivity (Wildman–Crippen MR) is 71.8 cm³/mol. The normalized spacial score (nSPS) is 10.6. The van der Waals surface area contributed by atoms with Gasteiger partial charge in [-0.15, -0.1) is 0 Å². The third-order valence-corrected chi connectivity index (χ3v) is 3.20. The Kier molecular flexibility index (Phi) is 3.55. The summed E-state index contributed by atoms with van der Waals surface area (Å²) in [6.45, 7) is 1.83. The fourth-order valence-corrected chi connectivity index (χ4v) is 2.20. The van der Waals surface area contributed by atoms with Crippen LogP contribution in [0.25, 0.3) is 10.9 Å². The van der Waals surface area contributed by atoms with E-state index in [1.807, 2.05) is 19.1 Å². The highest BCUT2D eigenvalue weighted by atomic mass is 16.5. The molecule has 19 heavy (non-hydrogen) atoms. The molecular formula is C14H15NO4. The number of carboxylic acids is 1. The number of ether oxygens (including phenoxy) is 1. The second-order valence-corrected chi connectivity index (χ2v) is 4.33. The number of para-hydroxylation sites is 1. The summed E-state index contributed by atoms with van der Waals surface area (Å²) in [7, 11) is 1.54. The van der Waals surface area contributed by atoms with Crippen LogP contribution in [-0.4, -0.2) is 23.2 Å². The van der Waals surface area contributed by atoms with Crippen molar-refractivity contribution in [3.63, 3.8) is 0 Å². The minimum absolute atomic E-state index is 0.0562. The molecule has 100 valence electrons. The minimum atomic E-state index is -0.912. The number of aliphatic carboxylic acids is 1. The summed E-state index contributed by atoms with van der Waals surface area (Å²) in [6, 6.07) is 5.50. The first-order valence-corrected chi connectivity index (χ1v) is 5.95. The molecule has 5 nitrogen and oxygen atoms in total. The van der Waals surface area contributed by atoms with E-state index in [2.05, 4.69) is 4.98 Å². The van der Waals surface area contributed by atoms with E-state index >= 15 is 0 Å². The van der Waals surface area contributed by atoms with Crippen LogP contribution >= 0.6 is 0 Å². The Morgan fingerprint density at radius 1 is 1.42 bits per heavy atom. The van der Waals surface area contributed by atoms with Gasteiger partial charge in [-0.3, -0.25) is 9.59 Å². The summed E-state index contributed by atoms with van der Waals surface area (Å²) in [4.78, 5) is 25.4. The molecule has 0 fully saturated rings. The van der Waals surface area contributed by atoms with Crippen LogP contribution in [0, 0.1) is 6.92 Å². The fraction of sp³-hybridized carbons (Fsp3) is 0.286. The van der Waals surface area contributed by atoms with E-state index in [1.54, 1.807) is 13.2 Å². The number of H-pyrrole nitrogens is 1. The molecule has 0 aliphatic carbocycles. The highest BCUT2D eigenvalue weighted by Crippen LogP contribution is 2.26. The number of hydrogen-bond donors (Lipinski definition) is 2. The molecule has 0 bridgehead atoms. The van der Waals surface area contributed by atoms with Gasteiger partial charge in [-0.05, 0) is 25.0 Å². The third-order valence-electron chi connectivity index (χ3n) is 3.20. The molecule has 0 saturated carbocycles. The molecular weight excluding hydrogens is 246 g/mol. The molecule has 0 aliphatic rings.